The lowest BCUT2D eigenvalue weighted by Crippen LogP contribution is -2.26. The number of hydrogen-bond donors (Lipinski definition) is 0. The van der Waals surface area contributed by atoms with Crippen LogP contribution < -0.4 is 5.56 Å². The number of imidazole rings is 1. The second-order valence-electron chi connectivity index (χ2n) is 7.12. The van der Waals surface area contributed by atoms with Gasteiger partial charge in [-0.15, -0.1) is 0 Å². The number of aromatic nitrogens is 5. The predicted molar refractivity (Wildman–Crippen MR) is 105 cm³/mol. The summed E-state index contributed by atoms with van der Waals surface area (Å²) in [6.45, 7) is 0.948. The summed E-state index contributed by atoms with van der Waals surface area (Å²) in [5, 5.41) is 13.5. The van der Waals surface area contributed by atoms with E-state index in [2.05, 4.69) is 15.1 Å². The van der Waals surface area contributed by atoms with E-state index in [1.165, 1.54) is 34.5 Å². The molecule has 10 nitrogen and oxygen atoms in total. The van der Waals surface area contributed by atoms with Crippen molar-refractivity contribution in [2.75, 3.05) is 20.3 Å². The number of methoxy groups -OCH3 is 1. The number of ether oxygens (including phenoxy) is 2. The van der Waals surface area contributed by atoms with E-state index in [-0.39, 0.29) is 47.4 Å². The zero-order valence-electron chi connectivity index (χ0n) is 16.5. The van der Waals surface area contributed by atoms with Gasteiger partial charge in [0.25, 0.3) is 11.4 Å². The smallest absolute Gasteiger partial charge is 0.277 e. The van der Waals surface area contributed by atoms with Gasteiger partial charge in [0.05, 0.1) is 17.6 Å². The number of nitrogens with zero attached hydrogens (tertiary/aromatic N) is 6. The number of halogens is 1. The average Bonchev–Trinajstić information content (AvgIpc) is 3.53. The molecule has 0 saturated carbocycles. The van der Waals surface area contributed by atoms with Crippen LogP contribution in [0.25, 0.3) is 28.1 Å². The highest BCUT2D eigenvalue weighted by Gasteiger charge is 2.27. The Morgan fingerprint density at radius 3 is 3.00 bits per heavy atom. The molecule has 11 heteroatoms. The fourth-order valence-corrected chi connectivity index (χ4v) is 3.89. The van der Waals surface area contributed by atoms with Gasteiger partial charge in [-0.2, -0.15) is 10.2 Å². The van der Waals surface area contributed by atoms with Crippen molar-refractivity contribution in [1.82, 2.24) is 24.1 Å². The van der Waals surface area contributed by atoms with E-state index in [0.717, 1.165) is 12.8 Å². The lowest BCUT2D eigenvalue weighted by molar-refractivity contribution is 0.0835. The lowest BCUT2D eigenvalue weighted by atomic mass is 10.1. The third-order valence-corrected chi connectivity index (χ3v) is 5.34. The highest BCUT2D eigenvalue weighted by atomic mass is 19.1. The molecule has 1 atom stereocenters. The first-order valence-corrected chi connectivity index (χ1v) is 9.70. The monoisotopic (exact) mass is 424 g/mol. The average molecular weight is 424 g/mol. The maximum atomic E-state index is 14.3. The Bertz CT molecular complexity index is 1390. The van der Waals surface area contributed by atoms with E-state index in [1.807, 2.05) is 6.07 Å². The first-order chi connectivity index (χ1) is 15.1. The second-order valence-corrected chi connectivity index (χ2v) is 7.12. The third kappa shape index (κ3) is 2.99. The topological polar surface area (TPSA) is 120 Å². The van der Waals surface area contributed by atoms with Crippen molar-refractivity contribution in [3.8, 4) is 17.6 Å². The van der Waals surface area contributed by atoms with E-state index >= 15 is 0 Å². The van der Waals surface area contributed by atoms with E-state index in [9.17, 15) is 14.4 Å². The number of rotatable bonds is 5. The number of fused-ring (bicyclic) bond motifs is 3. The normalized spacial score (nSPS) is 16.4. The molecule has 158 valence electrons. The summed E-state index contributed by atoms with van der Waals surface area (Å²) in [6.07, 6.45) is 2.85. The Kier molecular flexibility index (Phi) is 4.72. The largest absolute Gasteiger partial charge is 0.383 e. The van der Waals surface area contributed by atoms with Crippen LogP contribution in [0, 0.1) is 17.1 Å². The van der Waals surface area contributed by atoms with E-state index in [1.54, 1.807) is 0 Å². The van der Waals surface area contributed by atoms with Crippen LogP contribution in [0.2, 0.25) is 0 Å². The molecule has 4 heterocycles. The minimum atomic E-state index is -0.709. The number of nitriles is 1. The zero-order chi connectivity index (χ0) is 21.5. The summed E-state index contributed by atoms with van der Waals surface area (Å²) < 4.78 is 33.2. The summed E-state index contributed by atoms with van der Waals surface area (Å²) in [5.41, 5.74) is 0.359. The minimum Gasteiger partial charge on any atom is -0.383 e. The molecule has 0 N–H and O–H groups in total. The maximum Gasteiger partial charge on any atom is 0.277 e. The van der Waals surface area contributed by atoms with Crippen molar-refractivity contribution in [3.05, 3.63) is 46.1 Å². The molecule has 1 unspecified atom stereocenters. The van der Waals surface area contributed by atoms with E-state index < -0.39 is 11.4 Å². The van der Waals surface area contributed by atoms with Gasteiger partial charge >= 0.3 is 0 Å². The van der Waals surface area contributed by atoms with Crippen LogP contribution in [-0.4, -0.2) is 44.4 Å². The molecular formula is C20H17FN6O4. The summed E-state index contributed by atoms with van der Waals surface area (Å²) in [7, 11) is 1.49. The van der Waals surface area contributed by atoms with Crippen molar-refractivity contribution in [2.45, 2.75) is 25.5 Å². The first kappa shape index (κ1) is 19.3. The molecule has 0 bridgehead atoms. The van der Waals surface area contributed by atoms with Crippen LogP contribution >= 0.6 is 0 Å². The lowest BCUT2D eigenvalue weighted by Gasteiger charge is -2.13. The summed E-state index contributed by atoms with van der Waals surface area (Å²) in [5.74, 6) is -0.215. The maximum absolute atomic E-state index is 14.3. The molecule has 31 heavy (non-hydrogen) atoms. The van der Waals surface area contributed by atoms with Crippen molar-refractivity contribution in [1.29, 1.82) is 5.26 Å². The summed E-state index contributed by atoms with van der Waals surface area (Å²) >= 11 is 0. The number of benzene rings is 1. The van der Waals surface area contributed by atoms with Gasteiger partial charge in [-0.3, -0.25) is 9.20 Å². The molecule has 1 fully saturated rings. The van der Waals surface area contributed by atoms with Crippen LogP contribution in [-0.2, 0) is 16.0 Å². The second kappa shape index (κ2) is 7.57. The third-order valence-electron chi connectivity index (χ3n) is 5.34. The Morgan fingerprint density at radius 2 is 2.26 bits per heavy atom. The molecule has 4 aromatic rings. The fraction of sp³-hybridized carbons (Fsp3) is 0.350. The molecule has 0 radical (unpaired) electrons. The van der Waals surface area contributed by atoms with Gasteiger partial charge in [0.2, 0.25) is 5.82 Å². The van der Waals surface area contributed by atoms with Crippen LogP contribution in [0.3, 0.4) is 0 Å². The van der Waals surface area contributed by atoms with E-state index in [0.29, 0.717) is 18.0 Å². The molecule has 1 saturated heterocycles. The van der Waals surface area contributed by atoms with Crippen molar-refractivity contribution in [2.24, 2.45) is 0 Å². The zero-order valence-corrected chi connectivity index (χ0v) is 16.5. The van der Waals surface area contributed by atoms with Gasteiger partial charge in [-0.1, -0.05) is 5.16 Å². The molecule has 3 aromatic heterocycles. The van der Waals surface area contributed by atoms with Crippen molar-refractivity contribution < 1.29 is 18.4 Å². The molecule has 1 aliphatic rings. The highest BCUT2D eigenvalue weighted by Crippen LogP contribution is 2.30. The fourth-order valence-electron chi connectivity index (χ4n) is 3.89. The van der Waals surface area contributed by atoms with Gasteiger partial charge in [0, 0.05) is 20.3 Å². The van der Waals surface area contributed by atoms with Gasteiger partial charge in [0.1, 0.15) is 41.1 Å². The molecular weight excluding hydrogens is 407 g/mol. The van der Waals surface area contributed by atoms with Crippen LogP contribution in [0.15, 0.2) is 27.8 Å². The molecule has 1 aromatic carbocycles. The van der Waals surface area contributed by atoms with Gasteiger partial charge in [-0.05, 0) is 25.0 Å². The molecule has 1 aliphatic heterocycles. The molecule has 0 aliphatic carbocycles. The summed E-state index contributed by atoms with van der Waals surface area (Å²) in [4.78, 5) is 22.2. The standard InChI is InChI=1S/C20H17FN6O4/c1-29-8-6-26-16-11(9-22)12(21)4-5-13(16)27-10-23-15(17(27)20(26)28)18-24-19(31-25-18)14-3-2-7-30-14/h4-5,10,14H,2-3,6-8H2,1H3. The van der Waals surface area contributed by atoms with Crippen LogP contribution in [0.4, 0.5) is 4.39 Å². The molecule has 0 spiro atoms. The van der Waals surface area contributed by atoms with Gasteiger partial charge < -0.3 is 18.6 Å². The predicted octanol–water partition coefficient (Wildman–Crippen LogP) is 2.21. The van der Waals surface area contributed by atoms with Crippen molar-refractivity contribution in [3.63, 3.8) is 0 Å². The quantitative estimate of drug-likeness (QED) is 0.478. The SMILES string of the molecule is COCCn1c(=O)c2c(-c3noc(C4CCCO4)n3)ncn2c2ccc(F)c(C#N)c21. The Morgan fingerprint density at radius 1 is 1.39 bits per heavy atom. The Balaban J connectivity index is 1.77. The van der Waals surface area contributed by atoms with Crippen molar-refractivity contribution >= 4 is 16.6 Å². The molecule has 5 rings (SSSR count). The van der Waals surface area contributed by atoms with Gasteiger partial charge in [-0.25, -0.2) is 9.37 Å². The number of hydrogen-bond acceptors (Lipinski definition) is 8. The highest BCUT2D eigenvalue weighted by molar-refractivity contribution is 5.87. The van der Waals surface area contributed by atoms with E-state index in [4.69, 9.17) is 14.0 Å². The first-order valence-electron chi connectivity index (χ1n) is 9.70. The Labute approximate surface area is 174 Å². The van der Waals surface area contributed by atoms with Crippen LogP contribution in [0.5, 0.6) is 0 Å². The minimum absolute atomic E-state index is 0.124. The Hall–Kier alpha value is -3.62. The summed E-state index contributed by atoms with van der Waals surface area (Å²) in [6, 6.07) is 4.55. The van der Waals surface area contributed by atoms with Gasteiger partial charge in [0.15, 0.2) is 0 Å². The molecule has 0 amide bonds. The van der Waals surface area contributed by atoms with Crippen LogP contribution in [0.1, 0.15) is 30.4 Å².